The van der Waals surface area contributed by atoms with Crippen molar-refractivity contribution in [1.82, 2.24) is 5.32 Å². The maximum atomic E-state index is 12.2. The summed E-state index contributed by atoms with van der Waals surface area (Å²) < 4.78 is 0.896. The van der Waals surface area contributed by atoms with Gasteiger partial charge in [-0.15, -0.1) is 0 Å². The topological polar surface area (TPSA) is 58.2 Å². The van der Waals surface area contributed by atoms with Gasteiger partial charge in [-0.05, 0) is 65.4 Å². The highest BCUT2D eigenvalue weighted by Gasteiger charge is 2.10. The van der Waals surface area contributed by atoms with Gasteiger partial charge in [0.1, 0.15) is 0 Å². The van der Waals surface area contributed by atoms with Crippen LogP contribution in [0.1, 0.15) is 34.1 Å². The number of carbonyl (C=O) groups is 2. The smallest absolute Gasteiger partial charge is 0.256 e. The molecule has 0 aromatic heterocycles. The van der Waals surface area contributed by atoms with Crippen LogP contribution in [0.4, 0.5) is 5.69 Å². The van der Waals surface area contributed by atoms with Crippen molar-refractivity contribution in [3.63, 3.8) is 0 Å². The van der Waals surface area contributed by atoms with E-state index in [1.54, 1.807) is 30.3 Å². The Morgan fingerprint density at radius 3 is 2.32 bits per heavy atom. The second-order valence-corrected chi connectivity index (χ2v) is 5.93. The Morgan fingerprint density at radius 1 is 1.00 bits per heavy atom. The molecule has 2 aromatic carbocycles. The fourth-order valence-electron chi connectivity index (χ4n) is 1.89. The number of benzene rings is 2. The molecule has 0 spiro atoms. The Bertz CT molecular complexity index is 669. The van der Waals surface area contributed by atoms with Gasteiger partial charge in [0.25, 0.3) is 11.8 Å². The molecule has 0 bridgehead atoms. The van der Waals surface area contributed by atoms with E-state index >= 15 is 0 Å². The first-order chi connectivity index (χ1) is 10.6. The lowest BCUT2D eigenvalue weighted by molar-refractivity contribution is 0.0953. The third kappa shape index (κ3) is 4.30. The third-order valence-corrected chi connectivity index (χ3v) is 4.00. The molecule has 0 heterocycles. The van der Waals surface area contributed by atoms with E-state index in [4.69, 9.17) is 0 Å². The molecule has 0 atom stereocenters. The Hall–Kier alpha value is -1.89. The molecule has 4 nitrogen and oxygen atoms in total. The number of rotatable bonds is 5. The van der Waals surface area contributed by atoms with Crippen LogP contribution in [-0.4, -0.2) is 18.4 Å². The second-order valence-electron chi connectivity index (χ2n) is 4.77. The van der Waals surface area contributed by atoms with Crippen LogP contribution < -0.4 is 10.6 Å². The Labute approximate surface area is 143 Å². The average molecular weight is 408 g/mol. The SMILES string of the molecule is CCCNC(=O)c1ccc(NC(=O)c2ccccc2I)cc1. The largest absolute Gasteiger partial charge is 0.352 e. The van der Waals surface area contributed by atoms with E-state index in [0.717, 1.165) is 9.99 Å². The molecule has 2 rings (SSSR count). The van der Waals surface area contributed by atoms with Crippen LogP contribution in [0, 0.1) is 3.57 Å². The van der Waals surface area contributed by atoms with Crippen LogP contribution >= 0.6 is 22.6 Å². The van der Waals surface area contributed by atoms with Gasteiger partial charge in [-0.3, -0.25) is 9.59 Å². The van der Waals surface area contributed by atoms with Crippen molar-refractivity contribution in [2.75, 3.05) is 11.9 Å². The standard InChI is InChI=1S/C17H17IN2O2/c1-2-11-19-16(21)12-7-9-13(10-8-12)20-17(22)14-5-3-4-6-15(14)18/h3-10H,2,11H2,1H3,(H,19,21)(H,20,22). The van der Waals surface area contributed by atoms with Crippen LogP contribution in [0.25, 0.3) is 0 Å². The Morgan fingerprint density at radius 2 is 1.68 bits per heavy atom. The lowest BCUT2D eigenvalue weighted by Crippen LogP contribution is -2.23. The van der Waals surface area contributed by atoms with Crippen molar-refractivity contribution in [1.29, 1.82) is 0 Å². The van der Waals surface area contributed by atoms with Crippen LogP contribution in [0.5, 0.6) is 0 Å². The van der Waals surface area contributed by atoms with E-state index in [0.29, 0.717) is 23.4 Å². The second kappa shape index (κ2) is 7.93. The summed E-state index contributed by atoms with van der Waals surface area (Å²) in [5.74, 6) is -0.259. The van der Waals surface area contributed by atoms with Gasteiger partial charge in [0, 0.05) is 21.4 Å². The molecule has 2 N–H and O–H groups in total. The minimum atomic E-state index is -0.159. The molecule has 0 fully saturated rings. The molecule has 0 unspecified atom stereocenters. The summed E-state index contributed by atoms with van der Waals surface area (Å²) in [4.78, 5) is 24.0. The van der Waals surface area contributed by atoms with E-state index in [9.17, 15) is 9.59 Å². The van der Waals surface area contributed by atoms with Crippen molar-refractivity contribution in [2.45, 2.75) is 13.3 Å². The van der Waals surface area contributed by atoms with Crippen molar-refractivity contribution in [3.8, 4) is 0 Å². The molecular weight excluding hydrogens is 391 g/mol. The summed E-state index contributed by atoms with van der Waals surface area (Å²) in [7, 11) is 0. The Kier molecular flexibility index (Phi) is 5.94. The fraction of sp³-hybridized carbons (Fsp3) is 0.176. The summed E-state index contributed by atoms with van der Waals surface area (Å²) >= 11 is 2.13. The van der Waals surface area contributed by atoms with Crippen LogP contribution in [0.3, 0.4) is 0 Å². The van der Waals surface area contributed by atoms with Crippen molar-refractivity contribution in [2.24, 2.45) is 0 Å². The number of nitrogens with one attached hydrogen (secondary N) is 2. The first kappa shape index (κ1) is 16.5. The van der Waals surface area contributed by atoms with E-state index in [1.807, 2.05) is 25.1 Å². The molecule has 0 aliphatic carbocycles. The minimum Gasteiger partial charge on any atom is -0.352 e. The minimum absolute atomic E-state index is 0.0997. The quantitative estimate of drug-likeness (QED) is 0.742. The highest BCUT2D eigenvalue weighted by atomic mass is 127. The highest BCUT2D eigenvalue weighted by Crippen LogP contribution is 2.15. The number of hydrogen-bond donors (Lipinski definition) is 2. The molecule has 0 saturated carbocycles. The first-order valence-electron chi connectivity index (χ1n) is 7.06. The summed E-state index contributed by atoms with van der Waals surface area (Å²) in [6.45, 7) is 2.66. The van der Waals surface area contributed by atoms with E-state index in [-0.39, 0.29) is 11.8 Å². The number of carbonyl (C=O) groups excluding carboxylic acids is 2. The normalized spacial score (nSPS) is 10.1. The lowest BCUT2D eigenvalue weighted by atomic mass is 10.1. The van der Waals surface area contributed by atoms with Crippen molar-refractivity contribution in [3.05, 3.63) is 63.2 Å². The number of anilines is 1. The zero-order valence-electron chi connectivity index (χ0n) is 12.2. The maximum absolute atomic E-state index is 12.2. The molecule has 5 heteroatoms. The van der Waals surface area contributed by atoms with Gasteiger partial charge in [-0.25, -0.2) is 0 Å². The summed E-state index contributed by atoms with van der Waals surface area (Å²) in [5.41, 5.74) is 1.88. The van der Waals surface area contributed by atoms with E-state index < -0.39 is 0 Å². The van der Waals surface area contributed by atoms with E-state index in [2.05, 4.69) is 33.2 Å². The number of amides is 2. The van der Waals surface area contributed by atoms with Gasteiger partial charge in [-0.2, -0.15) is 0 Å². The molecule has 0 radical (unpaired) electrons. The van der Waals surface area contributed by atoms with Gasteiger partial charge in [0.15, 0.2) is 0 Å². The average Bonchev–Trinajstić information content (AvgIpc) is 2.53. The zero-order valence-corrected chi connectivity index (χ0v) is 14.4. The Balaban J connectivity index is 2.04. The molecule has 2 aromatic rings. The summed E-state index contributed by atoms with van der Waals surface area (Å²) in [5, 5.41) is 5.65. The van der Waals surface area contributed by atoms with Crippen LogP contribution in [-0.2, 0) is 0 Å². The van der Waals surface area contributed by atoms with Crippen molar-refractivity contribution < 1.29 is 9.59 Å². The van der Waals surface area contributed by atoms with Gasteiger partial charge >= 0.3 is 0 Å². The highest BCUT2D eigenvalue weighted by molar-refractivity contribution is 14.1. The predicted octanol–water partition coefficient (Wildman–Crippen LogP) is 3.68. The third-order valence-electron chi connectivity index (χ3n) is 3.06. The zero-order chi connectivity index (χ0) is 15.9. The van der Waals surface area contributed by atoms with Crippen LogP contribution in [0.15, 0.2) is 48.5 Å². The molecule has 0 saturated heterocycles. The number of hydrogen-bond acceptors (Lipinski definition) is 2. The summed E-state index contributed by atoms with van der Waals surface area (Å²) in [6.07, 6.45) is 0.898. The monoisotopic (exact) mass is 408 g/mol. The molecule has 22 heavy (non-hydrogen) atoms. The first-order valence-corrected chi connectivity index (χ1v) is 8.14. The summed E-state index contributed by atoms with van der Waals surface area (Å²) in [6, 6.07) is 14.3. The van der Waals surface area contributed by atoms with Gasteiger partial charge in [0.2, 0.25) is 0 Å². The molecule has 0 aliphatic rings. The maximum Gasteiger partial charge on any atom is 0.256 e. The van der Waals surface area contributed by atoms with Crippen LogP contribution in [0.2, 0.25) is 0 Å². The number of halogens is 1. The van der Waals surface area contributed by atoms with Gasteiger partial charge in [-0.1, -0.05) is 19.1 Å². The molecule has 2 amide bonds. The van der Waals surface area contributed by atoms with Gasteiger partial charge < -0.3 is 10.6 Å². The predicted molar refractivity (Wildman–Crippen MR) is 96.2 cm³/mol. The fourth-order valence-corrected chi connectivity index (χ4v) is 2.52. The molecular formula is C17H17IN2O2. The molecule has 114 valence electrons. The lowest BCUT2D eigenvalue weighted by Gasteiger charge is -2.08. The molecule has 0 aliphatic heterocycles. The van der Waals surface area contributed by atoms with E-state index in [1.165, 1.54) is 0 Å². The van der Waals surface area contributed by atoms with Crippen molar-refractivity contribution >= 4 is 40.1 Å². The van der Waals surface area contributed by atoms with Gasteiger partial charge in [0.05, 0.1) is 5.56 Å².